The number of aryl methyl sites for hydroxylation is 1. The number of hydrogen-bond acceptors (Lipinski definition) is 5. The molecule has 110 valence electrons. The molecule has 0 spiro atoms. The van der Waals surface area contributed by atoms with Crippen molar-refractivity contribution in [2.24, 2.45) is 0 Å². The summed E-state index contributed by atoms with van der Waals surface area (Å²) in [6.07, 6.45) is 0. The second-order valence-electron chi connectivity index (χ2n) is 4.88. The van der Waals surface area contributed by atoms with Crippen LogP contribution in [0.2, 0.25) is 0 Å². The number of benzene rings is 1. The highest BCUT2D eigenvalue weighted by Crippen LogP contribution is 2.38. The van der Waals surface area contributed by atoms with Crippen molar-refractivity contribution in [3.63, 3.8) is 0 Å². The highest BCUT2D eigenvalue weighted by atomic mass is 19.1. The van der Waals surface area contributed by atoms with Crippen LogP contribution < -0.4 is 5.32 Å². The Labute approximate surface area is 116 Å². The Morgan fingerprint density at radius 1 is 1.50 bits per heavy atom. The molecule has 1 aromatic carbocycles. The Balaban J connectivity index is 2.39. The molecule has 6 nitrogen and oxygen atoms in total. The van der Waals surface area contributed by atoms with Crippen molar-refractivity contribution in [1.82, 2.24) is 10.2 Å². The van der Waals surface area contributed by atoms with Crippen LogP contribution >= 0.6 is 0 Å². The molecule has 2 rings (SSSR count). The largest absolute Gasteiger partial charge is 0.502 e. The highest BCUT2D eigenvalue weighted by molar-refractivity contribution is 5.56. The fourth-order valence-corrected chi connectivity index (χ4v) is 2.57. The van der Waals surface area contributed by atoms with Crippen molar-refractivity contribution in [1.29, 1.82) is 0 Å². The van der Waals surface area contributed by atoms with Gasteiger partial charge in [0, 0.05) is 37.3 Å². The molecule has 0 bridgehead atoms. The normalized spacial score (nSPS) is 17.9. The van der Waals surface area contributed by atoms with Crippen LogP contribution in [-0.2, 0) is 0 Å². The van der Waals surface area contributed by atoms with Crippen LogP contribution in [0.1, 0.15) is 17.2 Å². The molecule has 7 heteroatoms. The van der Waals surface area contributed by atoms with Crippen molar-refractivity contribution in [2.45, 2.75) is 13.0 Å². The molecular formula is C13H18FN3O3. The molecule has 20 heavy (non-hydrogen) atoms. The van der Waals surface area contributed by atoms with E-state index in [0.717, 1.165) is 13.1 Å². The summed E-state index contributed by atoms with van der Waals surface area (Å²) in [5, 5.41) is 24.3. The van der Waals surface area contributed by atoms with E-state index in [-0.39, 0.29) is 11.3 Å². The monoisotopic (exact) mass is 283 g/mol. The minimum Gasteiger partial charge on any atom is -0.502 e. The molecule has 0 unspecified atom stereocenters. The Morgan fingerprint density at radius 3 is 2.70 bits per heavy atom. The average Bonchev–Trinajstić information content (AvgIpc) is 2.43. The first-order chi connectivity index (χ1) is 9.56. The lowest BCUT2D eigenvalue weighted by molar-refractivity contribution is -0.386. The summed E-state index contributed by atoms with van der Waals surface area (Å²) in [7, 11) is 0. The molecule has 1 aromatic rings. The van der Waals surface area contributed by atoms with Crippen LogP contribution in [0.5, 0.6) is 5.75 Å². The number of piperazine rings is 1. The van der Waals surface area contributed by atoms with Gasteiger partial charge in [-0.3, -0.25) is 15.0 Å². The third-order valence-corrected chi connectivity index (χ3v) is 3.66. The number of phenolic OH excluding ortho intramolecular Hbond substituents is 1. The quantitative estimate of drug-likeness (QED) is 0.647. The number of rotatable bonds is 4. The third-order valence-electron chi connectivity index (χ3n) is 3.66. The van der Waals surface area contributed by atoms with Crippen LogP contribution in [0.15, 0.2) is 12.1 Å². The number of aromatic hydroxyl groups is 1. The van der Waals surface area contributed by atoms with E-state index in [1.165, 1.54) is 0 Å². The molecule has 1 aliphatic heterocycles. The summed E-state index contributed by atoms with van der Waals surface area (Å²) < 4.78 is 13.4. The summed E-state index contributed by atoms with van der Waals surface area (Å²) in [6.45, 7) is 3.65. The average molecular weight is 283 g/mol. The molecule has 0 aromatic heterocycles. The van der Waals surface area contributed by atoms with Gasteiger partial charge in [-0.05, 0) is 6.92 Å². The number of alkyl halides is 1. The lowest BCUT2D eigenvalue weighted by atomic mass is 10.0. The number of halogens is 1. The van der Waals surface area contributed by atoms with Gasteiger partial charge >= 0.3 is 5.69 Å². The van der Waals surface area contributed by atoms with Gasteiger partial charge in [0.25, 0.3) is 0 Å². The molecule has 1 atom stereocenters. The molecule has 0 radical (unpaired) electrons. The number of phenols is 1. The number of nitro groups is 1. The van der Waals surface area contributed by atoms with Crippen molar-refractivity contribution >= 4 is 5.69 Å². The minimum atomic E-state index is -0.687. The molecule has 1 heterocycles. The highest BCUT2D eigenvalue weighted by Gasteiger charge is 2.29. The summed E-state index contributed by atoms with van der Waals surface area (Å²) in [4.78, 5) is 12.3. The van der Waals surface area contributed by atoms with Crippen LogP contribution in [0.25, 0.3) is 0 Å². The van der Waals surface area contributed by atoms with Gasteiger partial charge < -0.3 is 10.4 Å². The zero-order valence-corrected chi connectivity index (χ0v) is 11.3. The SMILES string of the molecule is Cc1ccc([C@@H](CF)N2CCNCC2)c(O)c1[N+](=O)[O-]. The summed E-state index contributed by atoms with van der Waals surface area (Å²) >= 11 is 0. The van der Waals surface area contributed by atoms with E-state index in [0.29, 0.717) is 18.7 Å². The Bertz CT molecular complexity index is 504. The van der Waals surface area contributed by atoms with E-state index >= 15 is 0 Å². The van der Waals surface area contributed by atoms with Gasteiger partial charge in [-0.1, -0.05) is 12.1 Å². The number of nitro benzene ring substituents is 1. The molecule has 0 amide bonds. The number of nitrogens with zero attached hydrogens (tertiary/aromatic N) is 2. The second kappa shape index (κ2) is 6.15. The number of hydrogen-bond donors (Lipinski definition) is 2. The van der Waals surface area contributed by atoms with Gasteiger partial charge in [-0.15, -0.1) is 0 Å². The first-order valence-electron chi connectivity index (χ1n) is 6.53. The zero-order chi connectivity index (χ0) is 14.7. The van der Waals surface area contributed by atoms with Crippen molar-refractivity contribution < 1.29 is 14.4 Å². The summed E-state index contributed by atoms with van der Waals surface area (Å²) in [5.41, 5.74) is 0.317. The standard InChI is InChI=1S/C13H18FN3O3/c1-9-2-3-10(13(18)12(9)17(19)20)11(8-14)16-6-4-15-5-7-16/h2-3,11,15,18H,4-8H2,1H3/t11-/m1/s1. The fraction of sp³-hybridized carbons (Fsp3) is 0.538. The minimum absolute atomic E-state index is 0.284. The van der Waals surface area contributed by atoms with Crippen molar-refractivity contribution in [2.75, 3.05) is 32.9 Å². The van der Waals surface area contributed by atoms with Gasteiger partial charge in [0.1, 0.15) is 6.67 Å². The molecule has 1 saturated heterocycles. The van der Waals surface area contributed by atoms with E-state index < -0.39 is 23.4 Å². The molecule has 1 fully saturated rings. The fourth-order valence-electron chi connectivity index (χ4n) is 2.57. The van der Waals surface area contributed by atoms with Gasteiger partial charge in [-0.25, -0.2) is 4.39 Å². The maximum atomic E-state index is 13.4. The molecular weight excluding hydrogens is 265 g/mol. The second-order valence-corrected chi connectivity index (χ2v) is 4.88. The maximum absolute atomic E-state index is 13.4. The Hall–Kier alpha value is -1.73. The van der Waals surface area contributed by atoms with Gasteiger partial charge in [0.2, 0.25) is 0 Å². The predicted octanol–water partition coefficient (Wildman–Crippen LogP) is 1.52. The zero-order valence-electron chi connectivity index (χ0n) is 11.3. The van der Waals surface area contributed by atoms with Crippen LogP contribution in [0.3, 0.4) is 0 Å². The van der Waals surface area contributed by atoms with E-state index in [2.05, 4.69) is 5.32 Å². The first-order valence-corrected chi connectivity index (χ1v) is 6.53. The van der Waals surface area contributed by atoms with Crippen LogP contribution in [0, 0.1) is 17.0 Å². The van der Waals surface area contributed by atoms with Crippen LogP contribution in [0.4, 0.5) is 10.1 Å². The maximum Gasteiger partial charge on any atom is 0.313 e. The summed E-state index contributed by atoms with van der Waals surface area (Å²) in [5.74, 6) is -0.420. The van der Waals surface area contributed by atoms with Gasteiger partial charge in [0.15, 0.2) is 5.75 Å². The Morgan fingerprint density at radius 2 is 2.15 bits per heavy atom. The van der Waals surface area contributed by atoms with Crippen molar-refractivity contribution in [3.8, 4) is 5.75 Å². The lowest BCUT2D eigenvalue weighted by Crippen LogP contribution is -2.45. The smallest absolute Gasteiger partial charge is 0.313 e. The number of nitrogens with one attached hydrogen (secondary N) is 1. The molecule has 0 aliphatic carbocycles. The molecule has 0 saturated carbocycles. The van der Waals surface area contributed by atoms with Crippen LogP contribution in [-0.4, -0.2) is 47.8 Å². The summed E-state index contributed by atoms with van der Waals surface area (Å²) in [6, 6.07) is 2.48. The van der Waals surface area contributed by atoms with Crippen molar-refractivity contribution in [3.05, 3.63) is 33.4 Å². The van der Waals surface area contributed by atoms with Gasteiger partial charge in [-0.2, -0.15) is 0 Å². The predicted molar refractivity (Wildman–Crippen MR) is 72.7 cm³/mol. The van der Waals surface area contributed by atoms with E-state index in [9.17, 15) is 19.6 Å². The lowest BCUT2D eigenvalue weighted by Gasteiger charge is -2.33. The van der Waals surface area contributed by atoms with E-state index in [1.807, 2.05) is 4.90 Å². The van der Waals surface area contributed by atoms with Gasteiger partial charge in [0.05, 0.1) is 11.0 Å². The van der Waals surface area contributed by atoms with E-state index in [4.69, 9.17) is 0 Å². The third kappa shape index (κ3) is 2.73. The molecule has 2 N–H and O–H groups in total. The topological polar surface area (TPSA) is 78.6 Å². The molecule has 1 aliphatic rings. The van der Waals surface area contributed by atoms with E-state index in [1.54, 1.807) is 19.1 Å². The first kappa shape index (κ1) is 14.7. The Kier molecular flexibility index (Phi) is 4.51.